The van der Waals surface area contributed by atoms with E-state index in [0.717, 1.165) is 38.0 Å². The first kappa shape index (κ1) is 27.4. The van der Waals surface area contributed by atoms with Gasteiger partial charge in [0.2, 0.25) is 5.88 Å². The second-order valence-corrected chi connectivity index (χ2v) is 11.0. The molecule has 4 heterocycles. The molecule has 0 amide bonds. The smallest absolute Gasteiger partial charge is 0.338 e. The summed E-state index contributed by atoms with van der Waals surface area (Å²) in [5, 5.41) is 13.6. The molecule has 0 aliphatic heterocycles. The number of aromatic nitrogens is 6. The molecular formula is C29H25F2N7O3S. The third kappa shape index (κ3) is 4.56. The number of hydrogen-bond donors (Lipinski definition) is 0. The van der Waals surface area contributed by atoms with Crippen LogP contribution in [0, 0.1) is 11.6 Å². The third-order valence-corrected chi connectivity index (χ3v) is 8.19. The number of hydrogen-bond acceptors (Lipinski definition) is 8. The van der Waals surface area contributed by atoms with Gasteiger partial charge in [0.1, 0.15) is 16.5 Å². The van der Waals surface area contributed by atoms with Gasteiger partial charge in [-0.2, -0.15) is 5.10 Å². The van der Waals surface area contributed by atoms with Gasteiger partial charge in [0, 0.05) is 47.2 Å². The summed E-state index contributed by atoms with van der Waals surface area (Å²) in [6.07, 6.45) is 1.89. The molecule has 0 bridgehead atoms. The summed E-state index contributed by atoms with van der Waals surface area (Å²) in [7, 11) is 6.98. The van der Waals surface area contributed by atoms with Crippen LogP contribution in [0.3, 0.4) is 0 Å². The summed E-state index contributed by atoms with van der Waals surface area (Å²) < 4.78 is 38.7. The van der Waals surface area contributed by atoms with Crippen molar-refractivity contribution in [1.82, 2.24) is 34.0 Å². The second kappa shape index (κ2) is 10.6. The molecule has 10 nitrogen and oxygen atoms in total. The first-order valence-corrected chi connectivity index (χ1v) is 13.7. The van der Waals surface area contributed by atoms with E-state index < -0.39 is 29.4 Å². The van der Waals surface area contributed by atoms with Crippen LogP contribution >= 0.6 is 11.3 Å². The highest BCUT2D eigenvalue weighted by Crippen LogP contribution is 2.40. The third-order valence-electron chi connectivity index (χ3n) is 6.90. The fourth-order valence-corrected chi connectivity index (χ4v) is 6.37. The minimum Gasteiger partial charge on any atom is -0.480 e. The Bertz CT molecular complexity index is 2080. The fourth-order valence-electron chi connectivity index (χ4n) is 5.04. The molecule has 4 aromatic heterocycles. The predicted octanol–water partition coefficient (Wildman–Crippen LogP) is 3.95. The Kier molecular flexibility index (Phi) is 6.91. The lowest BCUT2D eigenvalue weighted by molar-refractivity contribution is 0.391. The van der Waals surface area contributed by atoms with Crippen molar-refractivity contribution in [3.8, 4) is 22.1 Å². The van der Waals surface area contributed by atoms with Crippen molar-refractivity contribution in [2.75, 3.05) is 21.2 Å². The number of aryl methyl sites for hydroxylation is 1. The number of ether oxygens (including phenoxy) is 1. The van der Waals surface area contributed by atoms with Gasteiger partial charge in [-0.3, -0.25) is 14.0 Å². The molecule has 0 aliphatic rings. The second-order valence-electron chi connectivity index (χ2n) is 10.0. The predicted molar refractivity (Wildman–Crippen MR) is 156 cm³/mol. The summed E-state index contributed by atoms with van der Waals surface area (Å²) in [6.45, 7) is -0.0993. The van der Waals surface area contributed by atoms with Crippen LogP contribution in [0.25, 0.3) is 37.4 Å². The van der Waals surface area contributed by atoms with Gasteiger partial charge < -0.3 is 9.64 Å². The maximum absolute atomic E-state index is 14.9. The standard InChI is InChI=1S/C29H25F2N7O3S/c1-35(2)13-19-25-27(39)38(23-11-12-24(41-4)33-32-23)29(40)37(15-18-20(30)8-6-9-21(18)31)28(25)42-26(19)16-7-5-10-22-17(16)14-36(3)34-22/h5-12,14H,13,15H2,1-4H3. The van der Waals surface area contributed by atoms with Gasteiger partial charge in [-0.25, -0.2) is 18.1 Å². The maximum Gasteiger partial charge on any atom is 0.338 e. The van der Waals surface area contributed by atoms with Crippen LogP contribution in [0.4, 0.5) is 8.78 Å². The van der Waals surface area contributed by atoms with Gasteiger partial charge >= 0.3 is 5.69 Å². The lowest BCUT2D eigenvalue weighted by Crippen LogP contribution is -2.39. The minimum absolute atomic E-state index is 0.0478. The zero-order valence-corrected chi connectivity index (χ0v) is 23.9. The number of benzene rings is 2. The number of rotatable bonds is 7. The summed E-state index contributed by atoms with van der Waals surface area (Å²) in [4.78, 5) is 31.2. The highest BCUT2D eigenvalue weighted by Gasteiger charge is 2.26. The van der Waals surface area contributed by atoms with Crippen molar-refractivity contribution in [3.63, 3.8) is 0 Å². The van der Waals surface area contributed by atoms with Crippen LogP contribution in [0.5, 0.6) is 5.88 Å². The monoisotopic (exact) mass is 589 g/mol. The maximum atomic E-state index is 14.9. The molecule has 214 valence electrons. The Balaban J connectivity index is 1.74. The van der Waals surface area contributed by atoms with Crippen LogP contribution in [-0.4, -0.2) is 55.2 Å². The summed E-state index contributed by atoms with van der Waals surface area (Å²) in [5.74, 6) is -1.46. The molecule has 6 rings (SSSR count). The number of halogens is 2. The number of methoxy groups -OCH3 is 1. The molecule has 13 heteroatoms. The summed E-state index contributed by atoms with van der Waals surface area (Å²) >= 11 is 1.22. The SMILES string of the molecule is COc1ccc(-n2c(=O)c3c(CN(C)C)c(-c4cccc5nn(C)cc45)sc3n(Cc3c(F)cccc3F)c2=O)nn1. The van der Waals surface area contributed by atoms with E-state index in [1.807, 2.05) is 50.4 Å². The topological polar surface area (TPSA) is 100 Å². The van der Waals surface area contributed by atoms with Crippen molar-refractivity contribution >= 4 is 32.5 Å². The quantitative estimate of drug-likeness (QED) is 0.278. The first-order chi connectivity index (χ1) is 20.2. The first-order valence-electron chi connectivity index (χ1n) is 12.9. The van der Waals surface area contributed by atoms with Crippen molar-refractivity contribution in [3.05, 3.63) is 98.3 Å². The molecule has 6 aromatic rings. The molecule has 0 aliphatic carbocycles. The minimum atomic E-state index is -0.807. The summed E-state index contributed by atoms with van der Waals surface area (Å²) in [5.41, 5.74) is 0.533. The van der Waals surface area contributed by atoms with Crippen LogP contribution < -0.4 is 16.0 Å². The fraction of sp³-hybridized carbons (Fsp3) is 0.207. The van der Waals surface area contributed by atoms with Gasteiger partial charge in [-0.1, -0.05) is 18.2 Å². The average Bonchev–Trinajstić information content (AvgIpc) is 3.52. The van der Waals surface area contributed by atoms with E-state index in [1.54, 1.807) is 4.68 Å². The molecular weight excluding hydrogens is 564 g/mol. The lowest BCUT2D eigenvalue weighted by Gasteiger charge is -2.14. The average molecular weight is 590 g/mol. The Labute approximate surface area is 241 Å². The molecule has 0 saturated carbocycles. The molecule has 0 N–H and O–H groups in total. The zero-order valence-electron chi connectivity index (χ0n) is 23.1. The Morgan fingerprint density at radius 2 is 1.71 bits per heavy atom. The van der Waals surface area contributed by atoms with E-state index in [-0.39, 0.29) is 27.5 Å². The van der Waals surface area contributed by atoms with E-state index in [9.17, 15) is 18.4 Å². The van der Waals surface area contributed by atoms with E-state index >= 15 is 0 Å². The van der Waals surface area contributed by atoms with Crippen molar-refractivity contribution in [2.24, 2.45) is 7.05 Å². The lowest BCUT2D eigenvalue weighted by atomic mass is 10.0. The number of thiophene rings is 1. The summed E-state index contributed by atoms with van der Waals surface area (Å²) in [6, 6.07) is 12.1. The molecule has 0 fully saturated rings. The van der Waals surface area contributed by atoms with Gasteiger partial charge in [-0.05, 0) is 43.9 Å². The highest BCUT2D eigenvalue weighted by atomic mass is 32.1. The van der Waals surface area contributed by atoms with Crippen LogP contribution in [-0.2, 0) is 20.1 Å². The van der Waals surface area contributed by atoms with Crippen molar-refractivity contribution in [2.45, 2.75) is 13.1 Å². The molecule has 2 aromatic carbocycles. The van der Waals surface area contributed by atoms with Crippen molar-refractivity contribution in [1.29, 1.82) is 0 Å². The normalized spacial score (nSPS) is 11.7. The molecule has 0 atom stereocenters. The zero-order chi connectivity index (χ0) is 29.7. The van der Waals surface area contributed by atoms with Crippen LogP contribution in [0.1, 0.15) is 11.1 Å². The van der Waals surface area contributed by atoms with E-state index in [0.29, 0.717) is 12.1 Å². The van der Waals surface area contributed by atoms with E-state index in [1.165, 1.54) is 41.2 Å². The van der Waals surface area contributed by atoms with Gasteiger partial charge in [0.25, 0.3) is 5.56 Å². The molecule has 0 saturated heterocycles. The molecule has 0 spiro atoms. The number of fused-ring (bicyclic) bond motifs is 2. The van der Waals surface area contributed by atoms with Gasteiger partial charge in [-0.15, -0.1) is 21.5 Å². The van der Waals surface area contributed by atoms with Gasteiger partial charge in [0.15, 0.2) is 5.82 Å². The molecule has 0 radical (unpaired) electrons. The van der Waals surface area contributed by atoms with Crippen molar-refractivity contribution < 1.29 is 13.5 Å². The van der Waals surface area contributed by atoms with Crippen LogP contribution in [0.15, 0.2) is 64.3 Å². The Morgan fingerprint density at radius 1 is 0.976 bits per heavy atom. The largest absolute Gasteiger partial charge is 0.480 e. The molecule has 0 unspecified atom stereocenters. The molecule has 42 heavy (non-hydrogen) atoms. The Morgan fingerprint density at radius 3 is 2.38 bits per heavy atom. The Hall–Kier alpha value is -4.75. The van der Waals surface area contributed by atoms with E-state index in [2.05, 4.69) is 15.3 Å². The van der Waals surface area contributed by atoms with E-state index in [4.69, 9.17) is 4.74 Å². The van der Waals surface area contributed by atoms with Gasteiger partial charge in [0.05, 0.1) is 24.6 Å². The number of nitrogens with zero attached hydrogens (tertiary/aromatic N) is 7. The van der Waals surface area contributed by atoms with Crippen LogP contribution in [0.2, 0.25) is 0 Å². The highest BCUT2D eigenvalue weighted by molar-refractivity contribution is 7.22.